The van der Waals surface area contributed by atoms with Crippen LogP contribution in [0.1, 0.15) is 13.3 Å². The van der Waals surface area contributed by atoms with Gasteiger partial charge in [-0.2, -0.15) is 0 Å². The first-order valence-electron chi connectivity index (χ1n) is 3.47. The van der Waals surface area contributed by atoms with Crippen molar-refractivity contribution in [3.05, 3.63) is 33.7 Å². The van der Waals surface area contributed by atoms with E-state index in [9.17, 15) is 0 Å². The number of hydrogen-bond acceptors (Lipinski definition) is 0. The molecule has 0 N–H and O–H groups in total. The maximum absolute atomic E-state index is 3.43. The van der Waals surface area contributed by atoms with Gasteiger partial charge in [0.2, 0.25) is 0 Å². The van der Waals surface area contributed by atoms with Crippen LogP contribution in [0.25, 0.3) is 0 Å². The average molecular weight is 291 g/mol. The SMILES string of the molecule is C=CCBr.CC1=[C]([Zr])CC=C1. The third-order valence-electron chi connectivity index (χ3n) is 1.27. The number of alkyl halides is 1. The Bertz CT molecular complexity index is 180. The van der Waals surface area contributed by atoms with Crippen molar-refractivity contribution in [2.24, 2.45) is 0 Å². The summed E-state index contributed by atoms with van der Waals surface area (Å²) in [6, 6.07) is 0. The van der Waals surface area contributed by atoms with Crippen LogP contribution >= 0.6 is 15.9 Å². The molecule has 0 nitrogen and oxygen atoms in total. The van der Waals surface area contributed by atoms with E-state index in [0.717, 1.165) is 5.33 Å². The summed E-state index contributed by atoms with van der Waals surface area (Å²) < 4.78 is 1.60. The first-order chi connectivity index (χ1) is 5.22. The number of hydrogen-bond donors (Lipinski definition) is 0. The molecule has 0 spiro atoms. The predicted molar refractivity (Wildman–Crippen MR) is 50.4 cm³/mol. The molecule has 0 fully saturated rings. The van der Waals surface area contributed by atoms with E-state index in [1.807, 2.05) is 0 Å². The van der Waals surface area contributed by atoms with Gasteiger partial charge in [-0.3, -0.25) is 0 Å². The van der Waals surface area contributed by atoms with Gasteiger partial charge in [-0.05, 0) is 0 Å². The van der Waals surface area contributed by atoms with E-state index >= 15 is 0 Å². The third-order valence-corrected chi connectivity index (χ3v) is 3.20. The van der Waals surface area contributed by atoms with Gasteiger partial charge in [0.05, 0.1) is 0 Å². The minimum atomic E-state index is 0.896. The Morgan fingerprint density at radius 2 is 2.36 bits per heavy atom. The zero-order chi connectivity index (χ0) is 8.69. The van der Waals surface area contributed by atoms with Crippen molar-refractivity contribution in [3.63, 3.8) is 0 Å². The van der Waals surface area contributed by atoms with Crippen LogP contribution in [0.2, 0.25) is 0 Å². The summed E-state index contributed by atoms with van der Waals surface area (Å²) in [5.41, 5.74) is 1.48. The van der Waals surface area contributed by atoms with Gasteiger partial charge in [0.1, 0.15) is 0 Å². The second-order valence-corrected chi connectivity index (χ2v) is 4.34. The summed E-state index contributed by atoms with van der Waals surface area (Å²) >= 11 is 4.71. The molecule has 0 aromatic carbocycles. The normalized spacial score (nSPS) is 14.3. The van der Waals surface area contributed by atoms with E-state index in [2.05, 4.69) is 41.6 Å². The van der Waals surface area contributed by atoms with E-state index in [1.165, 1.54) is 12.0 Å². The topological polar surface area (TPSA) is 0 Å². The summed E-state index contributed by atoms with van der Waals surface area (Å²) in [5, 5.41) is 0.896. The van der Waals surface area contributed by atoms with E-state index in [0.29, 0.717) is 0 Å². The van der Waals surface area contributed by atoms with Gasteiger partial charge in [-0.15, -0.1) is 6.58 Å². The molecular weight excluding hydrogens is 279 g/mol. The van der Waals surface area contributed by atoms with Crippen molar-refractivity contribution in [1.82, 2.24) is 0 Å². The number of halogens is 1. The van der Waals surface area contributed by atoms with Crippen LogP contribution in [0.4, 0.5) is 0 Å². The van der Waals surface area contributed by atoms with Crippen LogP contribution in [-0.2, 0) is 24.7 Å². The fourth-order valence-electron chi connectivity index (χ4n) is 0.615. The molecule has 0 amide bonds. The molecule has 0 saturated heterocycles. The van der Waals surface area contributed by atoms with E-state index in [-0.39, 0.29) is 0 Å². The molecule has 0 aromatic heterocycles. The van der Waals surface area contributed by atoms with Crippen LogP contribution in [-0.4, -0.2) is 5.33 Å². The first kappa shape index (κ1) is 11.6. The summed E-state index contributed by atoms with van der Waals surface area (Å²) in [4.78, 5) is 0. The molecule has 0 unspecified atom stereocenters. The van der Waals surface area contributed by atoms with Gasteiger partial charge in [-0.1, -0.05) is 22.0 Å². The zero-order valence-corrected chi connectivity index (χ0v) is 10.8. The number of allylic oxidation sites excluding steroid dienone is 5. The molecule has 0 radical (unpaired) electrons. The van der Waals surface area contributed by atoms with Gasteiger partial charge in [0.25, 0.3) is 0 Å². The number of rotatable bonds is 1. The first-order valence-corrected chi connectivity index (χ1v) is 5.82. The third kappa shape index (κ3) is 5.81. The molecule has 0 saturated carbocycles. The quantitative estimate of drug-likeness (QED) is 0.513. The van der Waals surface area contributed by atoms with Crippen molar-refractivity contribution in [3.8, 4) is 0 Å². The standard InChI is InChI=1S/C6H7.C3H5Br.Zr/c1-6-4-2-3-5-6;1-2-3-4;/h2,4H,3H2,1H3;2H,1,3H2;. The van der Waals surface area contributed by atoms with Crippen molar-refractivity contribution in [2.75, 3.05) is 5.33 Å². The Hall–Kier alpha value is 0.583. The molecule has 59 valence electrons. The van der Waals surface area contributed by atoms with Gasteiger partial charge in [0.15, 0.2) is 0 Å². The van der Waals surface area contributed by atoms with E-state index in [4.69, 9.17) is 0 Å². The fourth-order valence-corrected chi connectivity index (χ4v) is 1.11. The molecular formula is C9H12BrZr. The summed E-state index contributed by atoms with van der Waals surface area (Å²) in [6.45, 7) is 5.61. The summed E-state index contributed by atoms with van der Waals surface area (Å²) in [6.07, 6.45) is 7.42. The molecule has 1 rings (SSSR count). The molecule has 0 aliphatic heterocycles. The molecule has 0 bridgehead atoms. The van der Waals surface area contributed by atoms with Crippen molar-refractivity contribution < 1.29 is 24.7 Å². The Morgan fingerprint density at radius 3 is 2.45 bits per heavy atom. The summed E-state index contributed by atoms with van der Waals surface area (Å²) in [7, 11) is 0. The average Bonchev–Trinajstić information content (AvgIpc) is 2.37. The molecule has 11 heavy (non-hydrogen) atoms. The predicted octanol–water partition coefficient (Wildman–Crippen LogP) is 3.33. The van der Waals surface area contributed by atoms with Crippen LogP contribution < -0.4 is 0 Å². The fraction of sp³-hybridized carbons (Fsp3) is 0.333. The zero-order valence-electron chi connectivity index (χ0n) is 6.73. The van der Waals surface area contributed by atoms with Gasteiger partial charge >= 0.3 is 59.1 Å². The monoisotopic (exact) mass is 289 g/mol. The van der Waals surface area contributed by atoms with Gasteiger partial charge < -0.3 is 0 Å². The molecule has 1 aliphatic carbocycles. The van der Waals surface area contributed by atoms with Crippen LogP contribution in [0, 0.1) is 0 Å². The van der Waals surface area contributed by atoms with Crippen molar-refractivity contribution in [2.45, 2.75) is 13.3 Å². The van der Waals surface area contributed by atoms with Crippen LogP contribution in [0.5, 0.6) is 0 Å². The van der Waals surface area contributed by atoms with Crippen molar-refractivity contribution in [1.29, 1.82) is 0 Å². The van der Waals surface area contributed by atoms with Crippen LogP contribution in [0.3, 0.4) is 0 Å². The Labute approximate surface area is 92.4 Å². The Kier molecular flexibility index (Phi) is 7.63. The molecule has 0 aromatic rings. The Balaban J connectivity index is 0.000000218. The second kappa shape index (κ2) is 7.24. The van der Waals surface area contributed by atoms with E-state index < -0.39 is 0 Å². The molecule has 2 heteroatoms. The molecule has 1 aliphatic rings. The maximum atomic E-state index is 3.43. The van der Waals surface area contributed by atoms with Crippen LogP contribution in [0.15, 0.2) is 33.7 Å². The molecule has 0 heterocycles. The van der Waals surface area contributed by atoms with Gasteiger partial charge in [0, 0.05) is 5.33 Å². The van der Waals surface area contributed by atoms with Crippen molar-refractivity contribution >= 4 is 15.9 Å². The van der Waals surface area contributed by atoms with Gasteiger partial charge in [-0.25, -0.2) is 0 Å². The minimum absolute atomic E-state index is 0.896. The van der Waals surface area contributed by atoms with E-state index in [1.54, 1.807) is 34.1 Å². The molecule has 0 atom stereocenters. The summed E-state index contributed by atoms with van der Waals surface area (Å²) in [5.74, 6) is 0. The second-order valence-electron chi connectivity index (χ2n) is 2.21. The Morgan fingerprint density at radius 1 is 1.82 bits per heavy atom.